The molecular formula is C15H8F3NS. The highest BCUT2D eigenvalue weighted by molar-refractivity contribution is 7.13. The number of rotatable bonds is 2. The lowest BCUT2D eigenvalue weighted by atomic mass is 10.2. The van der Waals surface area contributed by atoms with Gasteiger partial charge in [0, 0.05) is 16.5 Å². The molecule has 1 heterocycles. The molecule has 0 amide bonds. The predicted molar refractivity (Wildman–Crippen MR) is 72.9 cm³/mol. The first-order valence-electron chi connectivity index (χ1n) is 5.81. The molecule has 20 heavy (non-hydrogen) atoms. The van der Waals surface area contributed by atoms with Gasteiger partial charge in [0.1, 0.15) is 5.01 Å². The monoisotopic (exact) mass is 291 g/mol. The summed E-state index contributed by atoms with van der Waals surface area (Å²) >= 11 is 1.19. The van der Waals surface area contributed by atoms with Gasteiger partial charge in [-0.1, -0.05) is 30.3 Å². The van der Waals surface area contributed by atoms with Gasteiger partial charge in [-0.3, -0.25) is 0 Å². The highest BCUT2D eigenvalue weighted by Gasteiger charge is 2.17. The van der Waals surface area contributed by atoms with E-state index < -0.39 is 17.5 Å². The number of hydrogen-bond donors (Lipinski definition) is 0. The van der Waals surface area contributed by atoms with Crippen molar-refractivity contribution in [2.45, 2.75) is 0 Å². The molecule has 0 saturated carbocycles. The number of aromatic nitrogens is 1. The summed E-state index contributed by atoms with van der Waals surface area (Å²) in [5, 5.41) is 2.08. The quantitative estimate of drug-likeness (QED) is 0.612. The maximum absolute atomic E-state index is 13.7. The van der Waals surface area contributed by atoms with Crippen molar-refractivity contribution >= 4 is 11.3 Å². The molecule has 100 valence electrons. The number of nitrogens with zero attached hydrogens (tertiary/aromatic N) is 1. The summed E-state index contributed by atoms with van der Waals surface area (Å²) in [5.41, 5.74) is 1.53. The molecular weight excluding hydrogens is 283 g/mol. The summed E-state index contributed by atoms with van der Waals surface area (Å²) in [6, 6.07) is 11.5. The van der Waals surface area contributed by atoms with Crippen molar-refractivity contribution < 1.29 is 13.2 Å². The van der Waals surface area contributed by atoms with E-state index in [2.05, 4.69) is 4.98 Å². The maximum atomic E-state index is 13.7. The van der Waals surface area contributed by atoms with E-state index >= 15 is 0 Å². The SMILES string of the molecule is Fc1ccc(-c2nc(-c3ccccc3)cs2)c(F)c1F. The zero-order valence-corrected chi connectivity index (χ0v) is 10.9. The van der Waals surface area contributed by atoms with E-state index in [0.717, 1.165) is 11.6 Å². The number of benzene rings is 2. The molecule has 3 rings (SSSR count). The van der Waals surface area contributed by atoms with Crippen LogP contribution in [0.25, 0.3) is 21.8 Å². The van der Waals surface area contributed by atoms with Gasteiger partial charge in [0.05, 0.1) is 5.69 Å². The standard InChI is InChI=1S/C15H8F3NS/c16-11-7-6-10(13(17)14(11)18)15-19-12(8-20-15)9-4-2-1-3-5-9/h1-8H. The van der Waals surface area contributed by atoms with Crippen LogP contribution in [0, 0.1) is 17.5 Å². The van der Waals surface area contributed by atoms with Crippen molar-refractivity contribution in [1.29, 1.82) is 0 Å². The zero-order valence-electron chi connectivity index (χ0n) is 10.1. The Labute approximate surface area is 117 Å². The molecule has 0 fully saturated rings. The van der Waals surface area contributed by atoms with Crippen LogP contribution >= 0.6 is 11.3 Å². The van der Waals surface area contributed by atoms with Crippen LogP contribution in [0.15, 0.2) is 47.8 Å². The average Bonchev–Trinajstić information content (AvgIpc) is 2.95. The van der Waals surface area contributed by atoms with Crippen molar-refractivity contribution in [3.05, 3.63) is 65.3 Å². The lowest BCUT2D eigenvalue weighted by molar-refractivity contribution is 0.449. The Balaban J connectivity index is 2.05. The summed E-state index contributed by atoms with van der Waals surface area (Å²) in [4.78, 5) is 4.27. The Hall–Kier alpha value is -2.14. The van der Waals surface area contributed by atoms with Crippen LogP contribution < -0.4 is 0 Å². The minimum Gasteiger partial charge on any atom is -0.236 e. The van der Waals surface area contributed by atoms with Gasteiger partial charge in [0.15, 0.2) is 17.5 Å². The average molecular weight is 291 g/mol. The van der Waals surface area contributed by atoms with Gasteiger partial charge in [0.2, 0.25) is 0 Å². The normalized spacial score (nSPS) is 10.8. The summed E-state index contributed by atoms with van der Waals surface area (Å²) in [5.74, 6) is -3.89. The topological polar surface area (TPSA) is 12.9 Å². The van der Waals surface area contributed by atoms with Gasteiger partial charge < -0.3 is 0 Å². The van der Waals surface area contributed by atoms with Gasteiger partial charge in [-0.05, 0) is 12.1 Å². The second-order valence-corrected chi connectivity index (χ2v) is 4.98. The molecule has 0 unspecified atom stereocenters. The lowest BCUT2D eigenvalue weighted by Gasteiger charge is -2.01. The van der Waals surface area contributed by atoms with Crippen molar-refractivity contribution in [2.75, 3.05) is 0 Å². The number of thiazole rings is 1. The van der Waals surface area contributed by atoms with Crippen LogP contribution in [0.1, 0.15) is 0 Å². The smallest absolute Gasteiger partial charge is 0.195 e. The van der Waals surface area contributed by atoms with Crippen LogP contribution in [0.5, 0.6) is 0 Å². The summed E-state index contributed by atoms with van der Waals surface area (Å²) < 4.78 is 39.9. The first kappa shape index (κ1) is 12.9. The van der Waals surface area contributed by atoms with Crippen molar-refractivity contribution in [1.82, 2.24) is 4.98 Å². The van der Waals surface area contributed by atoms with Crippen LogP contribution in [0.4, 0.5) is 13.2 Å². The highest BCUT2D eigenvalue weighted by Crippen LogP contribution is 2.31. The van der Waals surface area contributed by atoms with E-state index in [1.54, 1.807) is 5.38 Å². The molecule has 0 bridgehead atoms. The summed E-state index contributed by atoms with van der Waals surface area (Å²) in [6.07, 6.45) is 0. The number of hydrogen-bond acceptors (Lipinski definition) is 2. The molecule has 1 nitrogen and oxygen atoms in total. The van der Waals surface area contributed by atoms with Gasteiger partial charge in [-0.15, -0.1) is 11.3 Å². The van der Waals surface area contributed by atoms with Gasteiger partial charge in [-0.2, -0.15) is 0 Å². The first-order chi connectivity index (χ1) is 9.66. The van der Waals surface area contributed by atoms with Crippen molar-refractivity contribution in [3.63, 3.8) is 0 Å². The van der Waals surface area contributed by atoms with E-state index in [0.29, 0.717) is 10.7 Å². The Morgan fingerprint density at radius 3 is 2.35 bits per heavy atom. The summed E-state index contributed by atoms with van der Waals surface area (Å²) in [6.45, 7) is 0. The molecule has 2 aromatic carbocycles. The lowest BCUT2D eigenvalue weighted by Crippen LogP contribution is -1.93. The summed E-state index contributed by atoms with van der Waals surface area (Å²) in [7, 11) is 0. The van der Waals surface area contributed by atoms with Gasteiger partial charge >= 0.3 is 0 Å². The molecule has 0 saturated heterocycles. The Morgan fingerprint density at radius 2 is 1.60 bits per heavy atom. The largest absolute Gasteiger partial charge is 0.236 e. The molecule has 3 aromatic rings. The maximum Gasteiger partial charge on any atom is 0.195 e. The van der Waals surface area contributed by atoms with Gasteiger partial charge in [-0.25, -0.2) is 18.2 Å². The number of halogens is 3. The fraction of sp³-hybridized carbons (Fsp3) is 0. The minimum atomic E-state index is -1.47. The zero-order chi connectivity index (χ0) is 14.1. The minimum absolute atomic E-state index is 0.0314. The Kier molecular flexibility index (Phi) is 3.28. The van der Waals surface area contributed by atoms with Crippen molar-refractivity contribution in [3.8, 4) is 21.8 Å². The van der Waals surface area contributed by atoms with Crippen molar-refractivity contribution in [2.24, 2.45) is 0 Å². The third-order valence-corrected chi connectivity index (χ3v) is 3.71. The molecule has 0 radical (unpaired) electrons. The molecule has 0 spiro atoms. The van der Waals surface area contributed by atoms with Crippen LogP contribution in [-0.4, -0.2) is 4.98 Å². The van der Waals surface area contributed by atoms with E-state index in [4.69, 9.17) is 0 Å². The molecule has 0 aliphatic carbocycles. The molecule has 0 N–H and O–H groups in total. The molecule has 5 heteroatoms. The molecule has 1 aromatic heterocycles. The van der Waals surface area contributed by atoms with E-state index in [9.17, 15) is 13.2 Å². The molecule has 0 aliphatic rings. The molecule has 0 aliphatic heterocycles. The third kappa shape index (κ3) is 2.20. The highest BCUT2D eigenvalue weighted by atomic mass is 32.1. The second kappa shape index (κ2) is 5.09. The van der Waals surface area contributed by atoms with Crippen LogP contribution in [0.2, 0.25) is 0 Å². The van der Waals surface area contributed by atoms with E-state index in [-0.39, 0.29) is 5.56 Å². The van der Waals surface area contributed by atoms with Gasteiger partial charge in [0.25, 0.3) is 0 Å². The van der Waals surface area contributed by atoms with Crippen LogP contribution in [0.3, 0.4) is 0 Å². The van der Waals surface area contributed by atoms with E-state index in [1.165, 1.54) is 17.4 Å². The fourth-order valence-corrected chi connectivity index (χ4v) is 2.68. The Morgan fingerprint density at radius 1 is 0.850 bits per heavy atom. The fourth-order valence-electron chi connectivity index (χ4n) is 1.83. The Bertz CT molecular complexity index is 753. The molecule has 0 atom stereocenters. The second-order valence-electron chi connectivity index (χ2n) is 4.13. The third-order valence-electron chi connectivity index (χ3n) is 2.84. The van der Waals surface area contributed by atoms with Crippen LogP contribution in [-0.2, 0) is 0 Å². The predicted octanol–water partition coefficient (Wildman–Crippen LogP) is 4.89. The van der Waals surface area contributed by atoms with E-state index in [1.807, 2.05) is 30.3 Å². The first-order valence-corrected chi connectivity index (χ1v) is 6.69.